The van der Waals surface area contributed by atoms with E-state index in [9.17, 15) is 0 Å². The van der Waals surface area contributed by atoms with Gasteiger partial charge >= 0.3 is 0 Å². The van der Waals surface area contributed by atoms with E-state index in [0.29, 0.717) is 5.92 Å². The monoisotopic (exact) mass is 318 g/mol. The van der Waals surface area contributed by atoms with Crippen molar-refractivity contribution in [2.24, 2.45) is 10.9 Å². The highest BCUT2D eigenvalue weighted by molar-refractivity contribution is 6.16. The lowest BCUT2D eigenvalue weighted by atomic mass is 9.93. The first-order chi connectivity index (χ1) is 11.6. The molecule has 0 saturated heterocycles. The average molecular weight is 318 g/mol. The van der Waals surface area contributed by atoms with Gasteiger partial charge in [0.15, 0.2) is 0 Å². The first kappa shape index (κ1) is 16.5. The molecule has 24 heavy (non-hydrogen) atoms. The van der Waals surface area contributed by atoms with Crippen molar-refractivity contribution in [3.05, 3.63) is 77.5 Å². The maximum absolute atomic E-state index is 5.23. The minimum atomic E-state index is 0.280. The van der Waals surface area contributed by atoms with E-state index in [-0.39, 0.29) is 6.04 Å². The van der Waals surface area contributed by atoms with Gasteiger partial charge in [-0.15, -0.1) is 0 Å². The van der Waals surface area contributed by atoms with Crippen molar-refractivity contribution in [1.82, 2.24) is 0 Å². The number of nitrogens with zero attached hydrogens (tertiary/aromatic N) is 2. The molecule has 2 heteroatoms. The van der Waals surface area contributed by atoms with Gasteiger partial charge in [-0.05, 0) is 18.9 Å². The van der Waals surface area contributed by atoms with E-state index in [1.165, 1.54) is 22.5 Å². The van der Waals surface area contributed by atoms with Crippen molar-refractivity contribution < 1.29 is 0 Å². The third-order valence-electron chi connectivity index (χ3n) is 4.81. The van der Waals surface area contributed by atoms with Crippen LogP contribution in [0.1, 0.15) is 38.3 Å². The molecule has 0 saturated carbocycles. The molecule has 1 unspecified atom stereocenters. The van der Waals surface area contributed by atoms with Gasteiger partial charge in [-0.1, -0.05) is 68.5 Å². The normalized spacial score (nSPS) is 21.9. The molecule has 0 bridgehead atoms. The molecule has 1 aliphatic heterocycles. The lowest BCUT2D eigenvalue weighted by Gasteiger charge is -2.32. The molecule has 0 fully saturated rings. The van der Waals surface area contributed by atoms with E-state index in [4.69, 9.17) is 4.99 Å². The zero-order valence-corrected chi connectivity index (χ0v) is 15.0. The van der Waals surface area contributed by atoms with Gasteiger partial charge < -0.3 is 4.90 Å². The first-order valence-corrected chi connectivity index (χ1v) is 8.73. The molecule has 0 N–H and O–H groups in total. The lowest BCUT2D eigenvalue weighted by molar-refractivity contribution is 0.487. The second kappa shape index (κ2) is 7.04. The van der Waals surface area contributed by atoms with Gasteiger partial charge in [0.05, 0.1) is 17.4 Å². The molecule has 0 aromatic heterocycles. The second-order valence-corrected chi connectivity index (χ2v) is 6.72. The summed E-state index contributed by atoms with van der Waals surface area (Å²) in [6, 6.07) is 19.4. The van der Waals surface area contributed by atoms with Crippen molar-refractivity contribution >= 4 is 11.4 Å². The summed E-state index contributed by atoms with van der Waals surface area (Å²) in [7, 11) is 2.17. The maximum atomic E-state index is 5.23. The minimum Gasteiger partial charge on any atom is -0.348 e. The fraction of sp³-hybridized carbons (Fsp3) is 0.318. The van der Waals surface area contributed by atoms with Gasteiger partial charge in [-0.3, -0.25) is 4.99 Å². The standard InChI is InChI=1S/C22H26N2/c1-5-18-15-20(16(2)3)23-22(17-11-7-6-8-12-17)19-13-9-10-14-21(19)24(18)4/h5-14,16,20H,15H2,1-4H3/b18-5+,23-22-. The number of para-hydroxylation sites is 1. The highest BCUT2D eigenvalue weighted by Gasteiger charge is 2.24. The summed E-state index contributed by atoms with van der Waals surface area (Å²) in [5.74, 6) is 0.498. The third-order valence-corrected chi connectivity index (χ3v) is 4.81. The smallest absolute Gasteiger partial charge is 0.0743 e. The Labute approximate surface area is 145 Å². The van der Waals surface area contributed by atoms with Crippen LogP contribution in [0.3, 0.4) is 0 Å². The van der Waals surface area contributed by atoms with Crippen LogP contribution in [0.2, 0.25) is 0 Å². The first-order valence-electron chi connectivity index (χ1n) is 8.73. The zero-order chi connectivity index (χ0) is 17.1. The number of benzene rings is 2. The molecule has 0 amide bonds. The summed E-state index contributed by atoms with van der Waals surface area (Å²) >= 11 is 0. The topological polar surface area (TPSA) is 15.6 Å². The Morgan fingerprint density at radius 2 is 1.71 bits per heavy atom. The Balaban J connectivity index is 2.25. The van der Waals surface area contributed by atoms with Crippen LogP contribution in [0.15, 0.2) is 71.4 Å². The summed E-state index contributed by atoms with van der Waals surface area (Å²) in [4.78, 5) is 7.55. The highest BCUT2D eigenvalue weighted by atomic mass is 15.1. The van der Waals surface area contributed by atoms with Crippen molar-refractivity contribution in [2.75, 3.05) is 11.9 Å². The molecule has 1 atom stereocenters. The van der Waals surface area contributed by atoms with Gasteiger partial charge in [0.1, 0.15) is 0 Å². The van der Waals surface area contributed by atoms with Crippen molar-refractivity contribution in [3.8, 4) is 0 Å². The molecule has 3 rings (SSSR count). The Hall–Kier alpha value is -2.35. The van der Waals surface area contributed by atoms with Crippen molar-refractivity contribution in [3.63, 3.8) is 0 Å². The van der Waals surface area contributed by atoms with Crippen LogP contribution in [0, 0.1) is 5.92 Å². The van der Waals surface area contributed by atoms with Crippen LogP contribution in [0.25, 0.3) is 0 Å². The Morgan fingerprint density at radius 3 is 2.38 bits per heavy atom. The summed E-state index contributed by atoms with van der Waals surface area (Å²) in [5, 5.41) is 0. The van der Waals surface area contributed by atoms with Gasteiger partial charge in [-0.25, -0.2) is 0 Å². The van der Waals surface area contributed by atoms with Gasteiger partial charge in [0, 0.05) is 30.3 Å². The number of hydrogen-bond donors (Lipinski definition) is 0. The predicted octanol–water partition coefficient (Wildman–Crippen LogP) is 5.29. The predicted molar refractivity (Wildman–Crippen MR) is 104 cm³/mol. The molecule has 0 spiro atoms. The number of fused-ring (bicyclic) bond motifs is 1. The van der Waals surface area contributed by atoms with Gasteiger partial charge in [-0.2, -0.15) is 0 Å². The SMILES string of the molecule is C/C=C1\CC(C(C)C)/N=C(/c2ccccc2)c2ccccc2N1C. The second-order valence-electron chi connectivity index (χ2n) is 6.72. The van der Waals surface area contributed by atoms with Crippen LogP contribution in [-0.2, 0) is 0 Å². The molecule has 2 aromatic carbocycles. The molecule has 0 radical (unpaired) electrons. The van der Waals surface area contributed by atoms with Gasteiger partial charge in [0.2, 0.25) is 0 Å². The highest BCUT2D eigenvalue weighted by Crippen LogP contribution is 2.32. The summed E-state index contributed by atoms with van der Waals surface area (Å²) in [6.07, 6.45) is 3.19. The largest absolute Gasteiger partial charge is 0.348 e. The molecule has 2 nitrogen and oxygen atoms in total. The molecule has 0 aliphatic carbocycles. The van der Waals surface area contributed by atoms with E-state index in [2.05, 4.69) is 93.4 Å². The molecular weight excluding hydrogens is 292 g/mol. The van der Waals surface area contributed by atoms with Crippen molar-refractivity contribution in [1.29, 1.82) is 0 Å². The fourth-order valence-corrected chi connectivity index (χ4v) is 3.28. The number of anilines is 1. The van der Waals surface area contributed by atoms with E-state index in [1.807, 2.05) is 0 Å². The lowest BCUT2D eigenvalue weighted by Crippen LogP contribution is -2.28. The van der Waals surface area contributed by atoms with E-state index < -0.39 is 0 Å². The maximum Gasteiger partial charge on any atom is 0.0743 e. The van der Waals surface area contributed by atoms with Crippen LogP contribution >= 0.6 is 0 Å². The summed E-state index contributed by atoms with van der Waals surface area (Å²) in [5.41, 5.74) is 6.04. The Morgan fingerprint density at radius 1 is 1.04 bits per heavy atom. The summed E-state index contributed by atoms with van der Waals surface area (Å²) in [6.45, 7) is 6.64. The van der Waals surface area contributed by atoms with Crippen LogP contribution in [0.5, 0.6) is 0 Å². The van der Waals surface area contributed by atoms with Gasteiger partial charge in [0.25, 0.3) is 0 Å². The van der Waals surface area contributed by atoms with E-state index >= 15 is 0 Å². The Kier molecular flexibility index (Phi) is 4.84. The molecular formula is C22H26N2. The number of rotatable bonds is 2. The quantitative estimate of drug-likeness (QED) is 0.734. The van der Waals surface area contributed by atoms with Crippen LogP contribution < -0.4 is 4.90 Å². The van der Waals surface area contributed by atoms with Crippen LogP contribution in [0.4, 0.5) is 5.69 Å². The van der Waals surface area contributed by atoms with E-state index in [1.54, 1.807) is 0 Å². The average Bonchev–Trinajstić information content (AvgIpc) is 2.61. The minimum absolute atomic E-state index is 0.280. The number of hydrogen-bond acceptors (Lipinski definition) is 2. The third kappa shape index (κ3) is 3.14. The number of allylic oxidation sites excluding steroid dienone is 1. The molecule has 2 aromatic rings. The van der Waals surface area contributed by atoms with Crippen LogP contribution in [-0.4, -0.2) is 18.8 Å². The zero-order valence-electron chi connectivity index (χ0n) is 15.0. The molecule has 1 aliphatic rings. The molecule has 1 heterocycles. The number of aliphatic imine (C=N–C) groups is 1. The molecule has 124 valence electrons. The Bertz CT molecular complexity index is 757. The summed E-state index contributed by atoms with van der Waals surface area (Å²) < 4.78 is 0. The van der Waals surface area contributed by atoms with E-state index in [0.717, 1.165) is 12.1 Å². The van der Waals surface area contributed by atoms with Crippen molar-refractivity contribution in [2.45, 2.75) is 33.2 Å². The fourth-order valence-electron chi connectivity index (χ4n) is 3.28.